The van der Waals surface area contributed by atoms with Crippen molar-refractivity contribution in [2.24, 2.45) is 5.92 Å². The number of hydrogen-bond acceptors (Lipinski definition) is 5. The Hall–Kier alpha value is -2.74. The van der Waals surface area contributed by atoms with Crippen LogP contribution in [0.3, 0.4) is 0 Å². The number of likely N-dealkylation sites (tertiary alicyclic amines) is 1. The summed E-state index contributed by atoms with van der Waals surface area (Å²) in [5.41, 5.74) is 1.14. The van der Waals surface area contributed by atoms with E-state index < -0.39 is 0 Å². The number of ether oxygens (including phenoxy) is 1. The normalized spacial score (nSPS) is 20.7. The van der Waals surface area contributed by atoms with Gasteiger partial charge in [0.25, 0.3) is 5.56 Å². The van der Waals surface area contributed by atoms with E-state index in [1.54, 1.807) is 7.11 Å². The van der Waals surface area contributed by atoms with Crippen LogP contribution in [0.4, 0.5) is 0 Å². The predicted octanol–water partition coefficient (Wildman–Crippen LogP) is 2.07. The molecule has 31 heavy (non-hydrogen) atoms. The summed E-state index contributed by atoms with van der Waals surface area (Å²) >= 11 is 0. The first-order chi connectivity index (χ1) is 14.8. The fourth-order valence-corrected chi connectivity index (χ4v) is 4.46. The summed E-state index contributed by atoms with van der Waals surface area (Å²) in [5.74, 6) is 2.18. The zero-order valence-corrected chi connectivity index (χ0v) is 19.1. The van der Waals surface area contributed by atoms with Crippen molar-refractivity contribution in [3.8, 4) is 5.75 Å². The van der Waals surface area contributed by atoms with Crippen molar-refractivity contribution in [1.29, 1.82) is 0 Å². The first kappa shape index (κ1) is 21.5. The zero-order valence-electron chi connectivity index (χ0n) is 19.1. The van der Waals surface area contributed by atoms with Gasteiger partial charge in [-0.25, -0.2) is 4.68 Å². The van der Waals surface area contributed by atoms with Gasteiger partial charge < -0.3 is 14.6 Å². The van der Waals surface area contributed by atoms with Gasteiger partial charge in [-0.1, -0.05) is 13.8 Å². The van der Waals surface area contributed by atoms with Crippen molar-refractivity contribution in [2.45, 2.75) is 58.5 Å². The molecule has 0 bridgehead atoms. The van der Waals surface area contributed by atoms with E-state index in [0.29, 0.717) is 11.5 Å². The number of rotatable bonds is 6. The Kier molecular flexibility index (Phi) is 5.83. The van der Waals surface area contributed by atoms with E-state index in [2.05, 4.69) is 48.2 Å². The Bertz CT molecular complexity index is 1110. The summed E-state index contributed by atoms with van der Waals surface area (Å²) in [7, 11) is 1.62. The number of aromatic nitrogens is 5. The number of tetrazole rings is 1. The Morgan fingerprint density at radius 3 is 2.71 bits per heavy atom. The maximum Gasteiger partial charge on any atom is 0.258 e. The number of fused-ring (bicyclic) bond motifs is 1. The minimum absolute atomic E-state index is 0.0965. The molecule has 0 amide bonds. The lowest BCUT2D eigenvalue weighted by molar-refractivity contribution is -0.932. The first-order valence-corrected chi connectivity index (χ1v) is 11.2. The van der Waals surface area contributed by atoms with Crippen LogP contribution in [0, 0.1) is 5.92 Å². The molecule has 1 fully saturated rings. The molecular formula is C23H33N6O2+. The first-order valence-electron chi connectivity index (χ1n) is 11.2. The Morgan fingerprint density at radius 2 is 2.03 bits per heavy atom. The molecule has 4 rings (SSSR count). The number of nitrogens with zero attached hydrogens (tertiary/aromatic N) is 4. The van der Waals surface area contributed by atoms with Crippen molar-refractivity contribution < 1.29 is 9.64 Å². The molecule has 2 N–H and O–H groups in total. The largest absolute Gasteiger partial charge is 0.497 e. The van der Waals surface area contributed by atoms with Gasteiger partial charge in [0.15, 0.2) is 6.04 Å². The molecule has 1 atom stereocenters. The van der Waals surface area contributed by atoms with Gasteiger partial charge in [0.05, 0.1) is 36.8 Å². The monoisotopic (exact) mass is 425 g/mol. The summed E-state index contributed by atoms with van der Waals surface area (Å²) in [6.45, 7) is 10.7. The molecule has 3 heterocycles. The van der Waals surface area contributed by atoms with Crippen molar-refractivity contribution in [3.63, 3.8) is 0 Å². The Balaban J connectivity index is 1.87. The van der Waals surface area contributed by atoms with Gasteiger partial charge in [0.2, 0.25) is 5.82 Å². The fourth-order valence-electron chi connectivity index (χ4n) is 4.46. The molecule has 3 aromatic rings. The third-order valence-corrected chi connectivity index (χ3v) is 6.91. The number of methoxy groups -OCH3 is 1. The second-order valence-corrected chi connectivity index (χ2v) is 9.40. The van der Waals surface area contributed by atoms with Gasteiger partial charge in [0.1, 0.15) is 5.75 Å². The molecule has 0 saturated carbocycles. The van der Waals surface area contributed by atoms with Crippen LogP contribution in [0.2, 0.25) is 0 Å². The van der Waals surface area contributed by atoms with E-state index in [0.717, 1.165) is 54.8 Å². The van der Waals surface area contributed by atoms with Gasteiger partial charge in [0, 0.05) is 6.07 Å². The second kappa shape index (κ2) is 8.42. The van der Waals surface area contributed by atoms with E-state index in [9.17, 15) is 4.79 Å². The standard InChI is InChI=1S/C23H32N6O2/c1-6-23(3,4)29-21(25-26-27-29)20(28-11-9-15(2)10-12-28)18-13-16-7-8-17(31-5)14-19(16)24-22(18)30/h7-8,13-15,20H,6,9-12H2,1-5H3,(H,24,30)/p+1/t20-/m1/s1. The van der Waals surface area contributed by atoms with Crippen LogP contribution in [-0.4, -0.2) is 45.4 Å². The van der Waals surface area contributed by atoms with E-state index in [1.807, 2.05) is 28.9 Å². The number of nitrogens with one attached hydrogen (secondary N) is 2. The number of H-pyrrole nitrogens is 1. The quantitative estimate of drug-likeness (QED) is 0.631. The molecule has 1 aliphatic heterocycles. The lowest BCUT2D eigenvalue weighted by Crippen LogP contribution is -3.13. The maximum atomic E-state index is 13.3. The van der Waals surface area contributed by atoms with Crippen LogP contribution < -0.4 is 15.2 Å². The minimum atomic E-state index is -0.240. The average Bonchev–Trinajstić information content (AvgIpc) is 3.25. The molecule has 2 aromatic heterocycles. The van der Waals surface area contributed by atoms with Crippen molar-refractivity contribution in [3.05, 3.63) is 46.0 Å². The van der Waals surface area contributed by atoms with E-state index in [-0.39, 0.29) is 17.1 Å². The van der Waals surface area contributed by atoms with E-state index >= 15 is 0 Å². The second-order valence-electron chi connectivity index (χ2n) is 9.40. The highest BCUT2D eigenvalue weighted by molar-refractivity contribution is 5.80. The Morgan fingerprint density at radius 1 is 1.29 bits per heavy atom. The molecule has 166 valence electrons. The number of piperidine rings is 1. The summed E-state index contributed by atoms with van der Waals surface area (Å²) in [4.78, 5) is 17.7. The van der Waals surface area contributed by atoms with E-state index in [1.165, 1.54) is 4.90 Å². The summed E-state index contributed by atoms with van der Waals surface area (Å²) in [6, 6.07) is 7.54. The van der Waals surface area contributed by atoms with Gasteiger partial charge in [-0.2, -0.15) is 0 Å². The summed E-state index contributed by atoms with van der Waals surface area (Å²) < 4.78 is 7.23. The molecule has 0 radical (unpaired) electrons. The van der Waals surface area contributed by atoms with E-state index in [4.69, 9.17) is 4.74 Å². The third-order valence-electron chi connectivity index (χ3n) is 6.91. The molecule has 1 aliphatic rings. The summed E-state index contributed by atoms with van der Waals surface area (Å²) in [5, 5.41) is 13.8. The molecule has 8 heteroatoms. The highest BCUT2D eigenvalue weighted by Gasteiger charge is 2.38. The van der Waals surface area contributed by atoms with Crippen molar-refractivity contribution in [2.75, 3.05) is 20.2 Å². The van der Waals surface area contributed by atoms with Crippen molar-refractivity contribution >= 4 is 10.9 Å². The topological polar surface area (TPSA) is 90.1 Å². The number of pyridine rings is 1. The predicted molar refractivity (Wildman–Crippen MR) is 119 cm³/mol. The third kappa shape index (κ3) is 4.08. The molecular weight excluding hydrogens is 392 g/mol. The molecule has 0 spiro atoms. The zero-order chi connectivity index (χ0) is 22.2. The molecule has 8 nitrogen and oxygen atoms in total. The molecule has 1 saturated heterocycles. The van der Waals surface area contributed by atoms with Crippen LogP contribution in [-0.2, 0) is 5.54 Å². The Labute approximate surface area is 182 Å². The lowest BCUT2D eigenvalue weighted by Gasteiger charge is -2.34. The number of aromatic amines is 1. The lowest BCUT2D eigenvalue weighted by atomic mass is 9.94. The number of quaternary nitrogens is 1. The molecule has 0 unspecified atom stereocenters. The van der Waals surface area contributed by atoms with Gasteiger partial charge in [-0.05, 0) is 73.0 Å². The fraction of sp³-hybridized carbons (Fsp3) is 0.565. The smallest absolute Gasteiger partial charge is 0.258 e. The number of hydrogen-bond donors (Lipinski definition) is 2. The minimum Gasteiger partial charge on any atom is -0.497 e. The van der Waals surface area contributed by atoms with Gasteiger partial charge in [-0.3, -0.25) is 4.79 Å². The van der Waals surface area contributed by atoms with Gasteiger partial charge >= 0.3 is 0 Å². The van der Waals surface area contributed by atoms with Crippen molar-refractivity contribution in [1.82, 2.24) is 25.2 Å². The molecule has 1 aromatic carbocycles. The van der Waals surface area contributed by atoms with Crippen LogP contribution >= 0.6 is 0 Å². The highest BCUT2D eigenvalue weighted by atomic mass is 16.5. The van der Waals surface area contributed by atoms with Crippen LogP contribution in [0.15, 0.2) is 29.1 Å². The van der Waals surface area contributed by atoms with Gasteiger partial charge in [-0.15, -0.1) is 5.10 Å². The summed E-state index contributed by atoms with van der Waals surface area (Å²) in [6.07, 6.45) is 3.15. The maximum absolute atomic E-state index is 13.3. The average molecular weight is 426 g/mol. The number of benzene rings is 1. The van der Waals surface area contributed by atoms with Crippen LogP contribution in [0.5, 0.6) is 5.75 Å². The molecule has 0 aliphatic carbocycles. The van der Waals surface area contributed by atoms with Crippen LogP contribution in [0.1, 0.15) is 64.4 Å². The SMILES string of the molecule is CCC(C)(C)n1nnnc1[C@@H](c1cc2ccc(OC)cc2[nH]c1=O)[NH+]1CCC(C)CC1. The van der Waals surface area contributed by atoms with Crippen LogP contribution in [0.25, 0.3) is 10.9 Å². The highest BCUT2D eigenvalue weighted by Crippen LogP contribution is 2.26.